The van der Waals surface area contributed by atoms with Crippen molar-refractivity contribution in [3.63, 3.8) is 0 Å². The van der Waals surface area contributed by atoms with Crippen LogP contribution < -0.4 is 0 Å². The Morgan fingerprint density at radius 3 is 1.42 bits per heavy atom. The number of benzene rings is 2. The normalized spacial score (nSPS) is 27.2. The summed E-state index contributed by atoms with van der Waals surface area (Å²) in [6, 6.07) is 19.4. The van der Waals surface area contributed by atoms with Gasteiger partial charge in [-0.25, -0.2) is 0 Å². The summed E-state index contributed by atoms with van der Waals surface area (Å²) >= 11 is 0. The van der Waals surface area contributed by atoms with E-state index in [1.165, 1.54) is 25.9 Å². The maximum Gasteiger partial charge on any atom is 0.172 e. The third kappa shape index (κ3) is 2.40. The van der Waals surface area contributed by atoms with Gasteiger partial charge in [-0.15, -0.1) is 0 Å². The lowest BCUT2D eigenvalue weighted by Gasteiger charge is -2.52. The van der Waals surface area contributed by atoms with E-state index in [2.05, 4.69) is 76.7 Å². The van der Waals surface area contributed by atoms with Crippen molar-refractivity contribution < 1.29 is 8.97 Å². The van der Waals surface area contributed by atoms with Crippen LogP contribution >= 0.6 is 0 Å². The zero-order valence-electron chi connectivity index (χ0n) is 15.5. The zero-order chi connectivity index (χ0) is 16.9. The summed E-state index contributed by atoms with van der Waals surface area (Å²) < 4.78 is 2.16. The first kappa shape index (κ1) is 15.9. The number of likely N-dealkylation sites (N-methyl/N-ethyl adjacent to an activating group) is 2. The van der Waals surface area contributed by atoms with Gasteiger partial charge in [0.1, 0.15) is 0 Å². The minimum absolute atomic E-state index is 0.520. The van der Waals surface area contributed by atoms with Gasteiger partial charge in [-0.2, -0.15) is 0 Å². The van der Waals surface area contributed by atoms with Crippen LogP contribution in [0.5, 0.6) is 0 Å². The summed E-state index contributed by atoms with van der Waals surface area (Å²) in [5, 5.41) is 0. The second-order valence-electron chi connectivity index (χ2n) is 8.79. The maximum absolute atomic E-state index is 2.43. The lowest BCUT2D eigenvalue weighted by atomic mass is 9.79. The van der Waals surface area contributed by atoms with Crippen LogP contribution in [0, 0.1) is 0 Å². The summed E-state index contributed by atoms with van der Waals surface area (Å²) in [5.41, 5.74) is 6.26. The average Bonchev–Trinajstić information content (AvgIpc) is 2.55. The molecule has 0 fully saturated rings. The highest BCUT2D eigenvalue weighted by Crippen LogP contribution is 2.49. The molecular weight excluding hydrogens is 292 g/mol. The van der Waals surface area contributed by atoms with Gasteiger partial charge in [0.25, 0.3) is 0 Å². The third-order valence-electron chi connectivity index (χ3n) is 6.47. The molecule has 4 rings (SSSR count). The van der Waals surface area contributed by atoms with Crippen LogP contribution in [0.3, 0.4) is 0 Å². The minimum Gasteiger partial charge on any atom is -0.317 e. The van der Waals surface area contributed by atoms with Gasteiger partial charge in [0.2, 0.25) is 0 Å². The Kier molecular flexibility index (Phi) is 3.59. The first-order valence-corrected chi connectivity index (χ1v) is 9.21. The van der Waals surface area contributed by atoms with E-state index in [1.54, 1.807) is 22.3 Å². The number of rotatable bonds is 1. The molecule has 2 heteroatoms. The van der Waals surface area contributed by atoms with Crippen molar-refractivity contribution in [2.45, 2.75) is 24.9 Å². The van der Waals surface area contributed by atoms with E-state index in [1.807, 2.05) is 0 Å². The number of hydrogen-bond acceptors (Lipinski definition) is 0. The van der Waals surface area contributed by atoms with Crippen LogP contribution in [-0.2, 0) is 12.8 Å². The average molecular weight is 322 g/mol. The molecule has 0 radical (unpaired) electrons. The van der Waals surface area contributed by atoms with E-state index in [9.17, 15) is 0 Å². The van der Waals surface area contributed by atoms with Crippen molar-refractivity contribution in [1.29, 1.82) is 0 Å². The van der Waals surface area contributed by atoms with E-state index >= 15 is 0 Å². The molecule has 2 aliphatic heterocycles. The van der Waals surface area contributed by atoms with Gasteiger partial charge in [-0.05, 0) is 11.1 Å². The summed E-state index contributed by atoms with van der Waals surface area (Å²) in [5.74, 6) is 0. The summed E-state index contributed by atoms with van der Waals surface area (Å²) in [4.78, 5) is 0. The van der Waals surface area contributed by atoms with Crippen molar-refractivity contribution in [2.75, 3.05) is 41.3 Å². The summed E-state index contributed by atoms with van der Waals surface area (Å²) in [7, 11) is 9.71. The molecule has 2 aromatic carbocycles. The SMILES string of the molecule is C[N+]1(C)CCc2ccccc2[C@H]1[C@@H]1c2ccccc2CC[N+]1(C)C. The number of hydrogen-bond donors (Lipinski definition) is 0. The van der Waals surface area contributed by atoms with Crippen molar-refractivity contribution in [2.24, 2.45) is 0 Å². The fourth-order valence-corrected chi connectivity index (χ4v) is 5.05. The fourth-order valence-electron chi connectivity index (χ4n) is 5.05. The Morgan fingerprint density at radius 1 is 0.625 bits per heavy atom. The van der Waals surface area contributed by atoms with Crippen LogP contribution in [0.4, 0.5) is 0 Å². The smallest absolute Gasteiger partial charge is 0.172 e. The van der Waals surface area contributed by atoms with E-state index < -0.39 is 0 Å². The van der Waals surface area contributed by atoms with Gasteiger partial charge in [0.05, 0.1) is 41.3 Å². The molecule has 2 heterocycles. The fraction of sp³-hybridized carbons (Fsp3) is 0.455. The van der Waals surface area contributed by atoms with Crippen molar-refractivity contribution in [3.8, 4) is 0 Å². The van der Waals surface area contributed by atoms with Gasteiger partial charge in [-0.3, -0.25) is 0 Å². The minimum atomic E-state index is 0.520. The Balaban J connectivity index is 1.93. The third-order valence-corrected chi connectivity index (χ3v) is 6.47. The standard InChI is InChI=1S/C22H30N2/c1-23(2)15-13-17-9-5-7-11-19(17)21(23)22-20-12-8-6-10-18(20)14-16-24(22,3)4/h5-12,21-22H,13-16H2,1-4H3/q+2/t21-,22-/m0/s1. The molecule has 0 amide bonds. The van der Waals surface area contributed by atoms with Crippen molar-refractivity contribution in [3.05, 3.63) is 70.8 Å². The molecule has 24 heavy (non-hydrogen) atoms. The Hall–Kier alpha value is -1.64. The highest BCUT2D eigenvalue weighted by Gasteiger charge is 2.51. The quantitative estimate of drug-likeness (QED) is 0.702. The number of nitrogens with zero attached hydrogens (tertiary/aromatic N) is 2. The topological polar surface area (TPSA) is 0 Å². The second-order valence-corrected chi connectivity index (χ2v) is 8.79. The molecule has 0 N–H and O–H groups in total. The molecule has 0 aliphatic carbocycles. The predicted octanol–water partition coefficient (Wildman–Crippen LogP) is 3.73. The van der Waals surface area contributed by atoms with Crippen molar-refractivity contribution in [1.82, 2.24) is 0 Å². The van der Waals surface area contributed by atoms with Gasteiger partial charge in [0, 0.05) is 24.0 Å². The number of quaternary nitrogens is 2. The maximum atomic E-state index is 2.43. The van der Waals surface area contributed by atoms with E-state index in [-0.39, 0.29) is 0 Å². The van der Waals surface area contributed by atoms with E-state index in [0.717, 1.165) is 8.97 Å². The zero-order valence-corrected chi connectivity index (χ0v) is 15.5. The van der Waals surface area contributed by atoms with Crippen LogP contribution in [0.1, 0.15) is 34.3 Å². The highest BCUT2D eigenvalue weighted by molar-refractivity contribution is 5.37. The largest absolute Gasteiger partial charge is 0.317 e. The summed E-state index contributed by atoms with van der Waals surface area (Å²) in [6.07, 6.45) is 2.39. The Bertz CT molecular complexity index is 695. The van der Waals surface area contributed by atoms with Gasteiger partial charge >= 0.3 is 0 Å². The Morgan fingerprint density at radius 2 is 1.00 bits per heavy atom. The van der Waals surface area contributed by atoms with Gasteiger partial charge < -0.3 is 8.97 Å². The molecule has 2 nitrogen and oxygen atoms in total. The van der Waals surface area contributed by atoms with Crippen LogP contribution in [-0.4, -0.2) is 50.2 Å². The predicted molar refractivity (Wildman–Crippen MR) is 99.7 cm³/mol. The molecule has 126 valence electrons. The molecular formula is C22H30N2+2. The van der Waals surface area contributed by atoms with Gasteiger partial charge in [0.15, 0.2) is 12.1 Å². The van der Waals surface area contributed by atoms with E-state index in [0.29, 0.717) is 12.1 Å². The second kappa shape index (κ2) is 5.44. The first-order chi connectivity index (χ1) is 11.4. The molecule has 0 aromatic heterocycles. The summed E-state index contributed by atoms with van der Waals surface area (Å²) in [6.45, 7) is 2.45. The Labute approximate surface area is 146 Å². The molecule has 2 aliphatic rings. The molecule has 0 saturated carbocycles. The van der Waals surface area contributed by atoms with E-state index in [4.69, 9.17) is 0 Å². The molecule has 2 aromatic rings. The van der Waals surface area contributed by atoms with Crippen LogP contribution in [0.2, 0.25) is 0 Å². The highest BCUT2D eigenvalue weighted by atomic mass is 15.4. The molecule has 0 spiro atoms. The van der Waals surface area contributed by atoms with Crippen LogP contribution in [0.25, 0.3) is 0 Å². The number of fused-ring (bicyclic) bond motifs is 2. The monoisotopic (exact) mass is 322 g/mol. The first-order valence-electron chi connectivity index (χ1n) is 9.21. The van der Waals surface area contributed by atoms with Gasteiger partial charge in [-0.1, -0.05) is 48.5 Å². The van der Waals surface area contributed by atoms with Crippen LogP contribution in [0.15, 0.2) is 48.5 Å². The molecule has 0 saturated heterocycles. The van der Waals surface area contributed by atoms with Crippen molar-refractivity contribution >= 4 is 0 Å². The lowest BCUT2D eigenvalue weighted by Crippen LogP contribution is -2.58. The molecule has 2 atom stereocenters. The molecule has 0 unspecified atom stereocenters. The lowest BCUT2D eigenvalue weighted by molar-refractivity contribution is -0.994. The molecule has 0 bridgehead atoms.